The average molecular weight is 308 g/mol. The zero-order chi connectivity index (χ0) is 15.3. The van der Waals surface area contributed by atoms with Crippen molar-refractivity contribution >= 4 is 19.5 Å². The van der Waals surface area contributed by atoms with Gasteiger partial charge in [0.1, 0.15) is 6.04 Å². The average Bonchev–Trinajstić information content (AvgIpc) is 2.36. The van der Waals surface area contributed by atoms with Crippen molar-refractivity contribution < 1.29 is 28.7 Å². The van der Waals surface area contributed by atoms with Crippen molar-refractivity contribution in [2.75, 3.05) is 25.9 Å². The Labute approximate surface area is 117 Å². The summed E-state index contributed by atoms with van der Waals surface area (Å²) in [4.78, 5) is 43.0. The predicted molar refractivity (Wildman–Crippen MR) is 70.8 cm³/mol. The second kappa shape index (κ2) is 7.17. The molecule has 0 saturated carbocycles. The molecule has 1 aliphatic heterocycles. The molecule has 8 nitrogen and oxygen atoms in total. The van der Waals surface area contributed by atoms with E-state index >= 15 is 0 Å². The Morgan fingerprint density at radius 2 is 2.10 bits per heavy atom. The fourth-order valence-electron chi connectivity index (χ4n) is 2.42. The highest BCUT2D eigenvalue weighted by Crippen LogP contribution is 2.40. The van der Waals surface area contributed by atoms with Crippen LogP contribution >= 0.6 is 7.60 Å². The van der Waals surface area contributed by atoms with Gasteiger partial charge < -0.3 is 25.2 Å². The Balaban J connectivity index is 2.80. The highest BCUT2D eigenvalue weighted by atomic mass is 31.2. The minimum atomic E-state index is -4.14. The van der Waals surface area contributed by atoms with Crippen LogP contribution in [0, 0.1) is 5.92 Å². The third-order valence-electron chi connectivity index (χ3n) is 3.26. The van der Waals surface area contributed by atoms with Crippen LogP contribution in [0.1, 0.15) is 19.8 Å². The first-order valence-electron chi connectivity index (χ1n) is 6.49. The summed E-state index contributed by atoms with van der Waals surface area (Å²) in [6.07, 6.45) is 0.343. The Morgan fingerprint density at radius 3 is 2.60 bits per heavy atom. The summed E-state index contributed by atoms with van der Waals surface area (Å²) >= 11 is 0. The van der Waals surface area contributed by atoms with Gasteiger partial charge in [-0.05, 0) is 25.7 Å². The standard InChI is InChI=1S/C11H21N2O6P/c1-2-19-11(15)9-5-8(7-20(16,17)18)3-4-13(9)10(14)6-12/h8-9H,2-7,12H2,1H3,(H2,16,17,18)/t8-,9+/m0/s1. The van der Waals surface area contributed by atoms with Gasteiger partial charge >= 0.3 is 13.6 Å². The molecule has 1 saturated heterocycles. The van der Waals surface area contributed by atoms with Gasteiger partial charge in [-0.1, -0.05) is 0 Å². The number of hydrogen-bond acceptors (Lipinski definition) is 5. The monoisotopic (exact) mass is 308 g/mol. The van der Waals surface area contributed by atoms with Crippen molar-refractivity contribution in [2.45, 2.75) is 25.8 Å². The summed E-state index contributed by atoms with van der Waals surface area (Å²) in [5, 5.41) is 0. The molecule has 9 heteroatoms. The van der Waals surface area contributed by atoms with E-state index in [-0.39, 0.29) is 44.1 Å². The van der Waals surface area contributed by atoms with Crippen LogP contribution in [0.25, 0.3) is 0 Å². The highest BCUT2D eigenvalue weighted by Gasteiger charge is 2.38. The van der Waals surface area contributed by atoms with Gasteiger partial charge in [-0.25, -0.2) is 4.79 Å². The molecule has 0 aliphatic carbocycles. The molecule has 0 bridgehead atoms. The largest absolute Gasteiger partial charge is 0.464 e. The first-order valence-corrected chi connectivity index (χ1v) is 8.29. The van der Waals surface area contributed by atoms with E-state index in [0.29, 0.717) is 6.42 Å². The second-order valence-electron chi connectivity index (χ2n) is 4.80. The number of carbonyl (C=O) groups is 2. The van der Waals surface area contributed by atoms with Gasteiger partial charge in [0.15, 0.2) is 0 Å². The number of nitrogens with two attached hydrogens (primary N) is 1. The molecule has 0 spiro atoms. The summed E-state index contributed by atoms with van der Waals surface area (Å²) in [7, 11) is -4.14. The number of hydrogen-bond donors (Lipinski definition) is 3. The third-order valence-corrected chi connectivity index (χ3v) is 4.25. The zero-order valence-corrected chi connectivity index (χ0v) is 12.3. The van der Waals surface area contributed by atoms with Gasteiger partial charge in [0.2, 0.25) is 5.91 Å². The van der Waals surface area contributed by atoms with Crippen molar-refractivity contribution in [1.29, 1.82) is 0 Å². The van der Waals surface area contributed by atoms with Crippen molar-refractivity contribution in [2.24, 2.45) is 11.7 Å². The van der Waals surface area contributed by atoms with E-state index in [1.807, 2.05) is 0 Å². The number of nitrogens with zero attached hydrogens (tertiary/aromatic N) is 1. The molecule has 0 aromatic carbocycles. The van der Waals surface area contributed by atoms with E-state index in [9.17, 15) is 14.2 Å². The van der Waals surface area contributed by atoms with Gasteiger partial charge in [0.25, 0.3) is 0 Å². The SMILES string of the molecule is CCOC(=O)[C@H]1C[C@@H](CP(=O)(O)O)CCN1C(=O)CN. The molecule has 20 heavy (non-hydrogen) atoms. The van der Waals surface area contributed by atoms with Crippen molar-refractivity contribution in [3.05, 3.63) is 0 Å². The summed E-state index contributed by atoms with van der Waals surface area (Å²) < 4.78 is 16.0. The lowest BCUT2D eigenvalue weighted by Gasteiger charge is -2.37. The Kier molecular flexibility index (Phi) is 6.13. The fraction of sp³-hybridized carbons (Fsp3) is 0.818. The molecule has 0 aromatic rings. The van der Waals surface area contributed by atoms with Crippen LogP contribution in [0.4, 0.5) is 0 Å². The number of carbonyl (C=O) groups excluding carboxylic acids is 2. The maximum absolute atomic E-state index is 11.9. The van der Waals surface area contributed by atoms with Crippen LogP contribution in [0.15, 0.2) is 0 Å². The molecule has 2 atom stereocenters. The number of amides is 1. The van der Waals surface area contributed by atoms with Crippen LogP contribution in [-0.2, 0) is 18.9 Å². The Hall–Kier alpha value is -0.950. The first-order chi connectivity index (χ1) is 9.28. The van der Waals surface area contributed by atoms with Crippen LogP contribution in [0.5, 0.6) is 0 Å². The lowest BCUT2D eigenvalue weighted by atomic mass is 9.92. The Morgan fingerprint density at radius 1 is 1.45 bits per heavy atom. The van der Waals surface area contributed by atoms with Gasteiger partial charge in [-0.2, -0.15) is 0 Å². The maximum Gasteiger partial charge on any atom is 0.328 e. The highest BCUT2D eigenvalue weighted by molar-refractivity contribution is 7.51. The van der Waals surface area contributed by atoms with Gasteiger partial charge in [-0.15, -0.1) is 0 Å². The molecular weight excluding hydrogens is 287 g/mol. The maximum atomic E-state index is 11.9. The molecular formula is C11H21N2O6P. The summed E-state index contributed by atoms with van der Waals surface area (Å²) in [5.74, 6) is -1.23. The van der Waals surface area contributed by atoms with Gasteiger partial charge in [-0.3, -0.25) is 9.36 Å². The fourth-order valence-corrected chi connectivity index (χ4v) is 3.42. The molecule has 4 N–H and O–H groups in total. The number of likely N-dealkylation sites (tertiary alicyclic amines) is 1. The van der Waals surface area contributed by atoms with Gasteiger partial charge in [0, 0.05) is 6.54 Å². The number of rotatable bonds is 5. The molecule has 0 aromatic heterocycles. The molecule has 1 aliphatic rings. The van der Waals surface area contributed by atoms with E-state index in [1.165, 1.54) is 4.90 Å². The van der Waals surface area contributed by atoms with E-state index in [0.717, 1.165) is 0 Å². The summed E-state index contributed by atoms with van der Waals surface area (Å²) in [6.45, 7) is 1.88. The van der Waals surface area contributed by atoms with E-state index < -0.39 is 19.6 Å². The lowest BCUT2D eigenvalue weighted by Crippen LogP contribution is -2.52. The smallest absolute Gasteiger partial charge is 0.328 e. The topological polar surface area (TPSA) is 130 Å². The molecule has 1 heterocycles. The number of piperidine rings is 1. The summed E-state index contributed by atoms with van der Waals surface area (Å²) in [5.41, 5.74) is 5.31. The van der Waals surface area contributed by atoms with E-state index in [1.54, 1.807) is 6.92 Å². The number of ether oxygens (including phenoxy) is 1. The van der Waals surface area contributed by atoms with Crippen molar-refractivity contribution in [3.63, 3.8) is 0 Å². The minimum Gasteiger partial charge on any atom is -0.464 e. The molecule has 1 amide bonds. The van der Waals surface area contributed by atoms with Crippen LogP contribution in [-0.4, -0.2) is 58.5 Å². The normalized spacial score (nSPS) is 23.5. The first kappa shape index (κ1) is 17.1. The van der Waals surface area contributed by atoms with Gasteiger partial charge in [0.05, 0.1) is 19.3 Å². The van der Waals surface area contributed by atoms with Crippen molar-refractivity contribution in [1.82, 2.24) is 4.90 Å². The molecule has 0 unspecified atom stereocenters. The zero-order valence-electron chi connectivity index (χ0n) is 11.4. The van der Waals surface area contributed by atoms with E-state index in [2.05, 4.69) is 0 Å². The Bertz CT molecular complexity index is 410. The van der Waals surface area contributed by atoms with Crippen LogP contribution in [0.2, 0.25) is 0 Å². The third kappa shape index (κ3) is 4.86. The molecule has 1 fully saturated rings. The molecule has 1 rings (SSSR count). The van der Waals surface area contributed by atoms with Crippen molar-refractivity contribution in [3.8, 4) is 0 Å². The molecule has 116 valence electrons. The van der Waals surface area contributed by atoms with Crippen LogP contribution in [0.3, 0.4) is 0 Å². The second-order valence-corrected chi connectivity index (χ2v) is 6.49. The van der Waals surface area contributed by atoms with E-state index in [4.69, 9.17) is 20.3 Å². The predicted octanol–water partition coefficient (Wildman–Crippen LogP) is -0.707. The quantitative estimate of drug-likeness (QED) is 0.452. The minimum absolute atomic E-state index is 0.184. The number of esters is 1. The summed E-state index contributed by atoms with van der Waals surface area (Å²) in [6, 6.07) is -0.809. The van der Waals surface area contributed by atoms with Crippen LogP contribution < -0.4 is 5.73 Å². The molecule has 0 radical (unpaired) electrons. The lowest BCUT2D eigenvalue weighted by molar-refractivity contribution is -0.157.